The number of piperidine rings is 1. The van der Waals surface area contributed by atoms with Crippen LogP contribution in [0.1, 0.15) is 39.2 Å². The van der Waals surface area contributed by atoms with E-state index in [1.807, 2.05) is 12.1 Å². The van der Waals surface area contributed by atoms with Crippen LogP contribution >= 0.6 is 11.6 Å². The summed E-state index contributed by atoms with van der Waals surface area (Å²) in [6.07, 6.45) is 2.08. The average Bonchev–Trinajstić information content (AvgIpc) is 2.47. The second kappa shape index (κ2) is 7.47. The van der Waals surface area contributed by atoms with Gasteiger partial charge < -0.3 is 5.32 Å². The molecule has 1 aliphatic heterocycles. The molecule has 0 spiro atoms. The molecule has 0 aliphatic carbocycles. The first-order chi connectivity index (χ1) is 10.3. The molecule has 22 heavy (non-hydrogen) atoms. The van der Waals surface area contributed by atoms with Crippen LogP contribution in [0, 0.1) is 11.3 Å². The second-order valence-corrected chi connectivity index (χ2v) is 7.92. The molecular formula is C18H27ClN2O. The summed E-state index contributed by atoms with van der Waals surface area (Å²) in [6, 6.07) is 7.97. The van der Waals surface area contributed by atoms with Crippen LogP contribution in [0.3, 0.4) is 0 Å². The Kier molecular flexibility index (Phi) is 5.87. The normalized spacial score (nSPS) is 19.9. The van der Waals surface area contributed by atoms with Crippen LogP contribution in [0.15, 0.2) is 24.3 Å². The quantitative estimate of drug-likeness (QED) is 0.916. The first-order valence-electron chi connectivity index (χ1n) is 8.08. The standard InChI is InChI=1S/C18H27ClN2O/c1-18(2,3)13-20-17(22)15-5-4-10-21(12-15)11-14-6-8-16(19)9-7-14/h6-9,15H,4-5,10-13H2,1-3H3,(H,20,22)/t15-/m0/s1. The second-order valence-electron chi connectivity index (χ2n) is 7.48. The number of amides is 1. The fourth-order valence-electron chi connectivity index (χ4n) is 2.76. The Morgan fingerprint density at radius 2 is 2.00 bits per heavy atom. The Balaban J connectivity index is 1.85. The Morgan fingerprint density at radius 3 is 2.64 bits per heavy atom. The van der Waals surface area contributed by atoms with Gasteiger partial charge in [-0.15, -0.1) is 0 Å². The molecule has 122 valence electrons. The number of rotatable bonds is 4. The number of nitrogens with one attached hydrogen (secondary N) is 1. The first-order valence-corrected chi connectivity index (χ1v) is 8.46. The minimum Gasteiger partial charge on any atom is -0.355 e. The highest BCUT2D eigenvalue weighted by atomic mass is 35.5. The van der Waals surface area contributed by atoms with E-state index < -0.39 is 0 Å². The van der Waals surface area contributed by atoms with E-state index in [9.17, 15) is 4.79 Å². The van der Waals surface area contributed by atoms with E-state index in [0.717, 1.165) is 44.0 Å². The number of carbonyl (C=O) groups is 1. The Hall–Kier alpha value is -1.06. The third-order valence-electron chi connectivity index (χ3n) is 3.99. The molecule has 0 bridgehead atoms. The number of likely N-dealkylation sites (tertiary alicyclic amines) is 1. The SMILES string of the molecule is CC(C)(C)CNC(=O)[C@H]1CCCN(Cc2ccc(Cl)cc2)C1. The molecule has 4 heteroatoms. The Morgan fingerprint density at radius 1 is 1.32 bits per heavy atom. The molecule has 1 aliphatic rings. The highest BCUT2D eigenvalue weighted by Gasteiger charge is 2.26. The monoisotopic (exact) mass is 322 g/mol. The van der Waals surface area contributed by atoms with Gasteiger partial charge in [-0.2, -0.15) is 0 Å². The molecule has 1 aromatic rings. The fourth-order valence-corrected chi connectivity index (χ4v) is 2.88. The zero-order valence-electron chi connectivity index (χ0n) is 13.9. The van der Waals surface area contributed by atoms with Crippen molar-refractivity contribution in [3.05, 3.63) is 34.9 Å². The molecule has 0 saturated carbocycles. The van der Waals surface area contributed by atoms with Crippen LogP contribution in [0.5, 0.6) is 0 Å². The maximum absolute atomic E-state index is 12.3. The zero-order chi connectivity index (χ0) is 16.2. The lowest BCUT2D eigenvalue weighted by atomic mass is 9.94. The smallest absolute Gasteiger partial charge is 0.224 e. The van der Waals surface area contributed by atoms with E-state index in [4.69, 9.17) is 11.6 Å². The molecule has 0 aromatic heterocycles. The Bertz CT molecular complexity index is 493. The van der Waals surface area contributed by atoms with E-state index in [1.165, 1.54) is 5.56 Å². The molecule has 0 radical (unpaired) electrons. The van der Waals surface area contributed by atoms with Crippen molar-refractivity contribution in [3.63, 3.8) is 0 Å². The van der Waals surface area contributed by atoms with Gasteiger partial charge >= 0.3 is 0 Å². The van der Waals surface area contributed by atoms with Crippen LogP contribution in [0.25, 0.3) is 0 Å². The summed E-state index contributed by atoms with van der Waals surface area (Å²) in [5.41, 5.74) is 1.38. The predicted octanol–water partition coefficient (Wildman–Crippen LogP) is 3.71. The Labute approximate surface area is 139 Å². The topological polar surface area (TPSA) is 32.3 Å². The summed E-state index contributed by atoms with van der Waals surface area (Å²) in [6.45, 7) is 9.95. The van der Waals surface area contributed by atoms with Gasteiger partial charge in [-0.3, -0.25) is 9.69 Å². The van der Waals surface area contributed by atoms with Crippen molar-refractivity contribution >= 4 is 17.5 Å². The number of benzene rings is 1. The van der Waals surface area contributed by atoms with E-state index in [2.05, 4.69) is 43.1 Å². The largest absolute Gasteiger partial charge is 0.355 e. The molecule has 1 heterocycles. The molecule has 0 unspecified atom stereocenters. The number of hydrogen-bond donors (Lipinski definition) is 1. The summed E-state index contributed by atoms with van der Waals surface area (Å²) in [5.74, 6) is 0.319. The lowest BCUT2D eigenvalue weighted by Gasteiger charge is -2.32. The van der Waals surface area contributed by atoms with Crippen molar-refractivity contribution in [1.29, 1.82) is 0 Å². The van der Waals surface area contributed by atoms with Crippen LogP contribution < -0.4 is 5.32 Å². The number of nitrogens with zero attached hydrogens (tertiary/aromatic N) is 1. The van der Waals surface area contributed by atoms with Crippen molar-refractivity contribution in [3.8, 4) is 0 Å². The van der Waals surface area contributed by atoms with Gasteiger partial charge in [0.25, 0.3) is 0 Å². The molecular weight excluding hydrogens is 296 g/mol. The van der Waals surface area contributed by atoms with Crippen molar-refractivity contribution in [2.45, 2.75) is 40.2 Å². The number of carbonyl (C=O) groups excluding carboxylic acids is 1. The van der Waals surface area contributed by atoms with Gasteiger partial charge in [0.05, 0.1) is 5.92 Å². The third kappa shape index (κ3) is 5.62. The van der Waals surface area contributed by atoms with Gasteiger partial charge in [0.2, 0.25) is 5.91 Å². The van der Waals surface area contributed by atoms with Gasteiger partial charge in [-0.25, -0.2) is 0 Å². The molecule has 3 nitrogen and oxygen atoms in total. The molecule has 1 N–H and O–H groups in total. The van der Waals surface area contributed by atoms with Gasteiger partial charge in [-0.1, -0.05) is 44.5 Å². The van der Waals surface area contributed by atoms with E-state index in [0.29, 0.717) is 0 Å². The number of halogens is 1. The average molecular weight is 323 g/mol. The summed E-state index contributed by atoms with van der Waals surface area (Å²) < 4.78 is 0. The van der Waals surface area contributed by atoms with E-state index in [-0.39, 0.29) is 17.2 Å². The van der Waals surface area contributed by atoms with Crippen LogP contribution in [-0.2, 0) is 11.3 Å². The van der Waals surface area contributed by atoms with Crippen LogP contribution in [0.4, 0.5) is 0 Å². The van der Waals surface area contributed by atoms with Crippen molar-refractivity contribution in [2.75, 3.05) is 19.6 Å². The minimum absolute atomic E-state index is 0.114. The first kappa shape index (κ1) is 17.3. The number of hydrogen-bond acceptors (Lipinski definition) is 2. The molecule has 1 fully saturated rings. The maximum atomic E-state index is 12.3. The highest BCUT2D eigenvalue weighted by Crippen LogP contribution is 2.20. The highest BCUT2D eigenvalue weighted by molar-refractivity contribution is 6.30. The fraction of sp³-hybridized carbons (Fsp3) is 0.611. The van der Waals surface area contributed by atoms with Crippen molar-refractivity contribution < 1.29 is 4.79 Å². The molecule has 1 atom stereocenters. The van der Waals surface area contributed by atoms with Gasteiger partial charge in [0.15, 0.2) is 0 Å². The summed E-state index contributed by atoms with van der Waals surface area (Å²) in [5, 5.41) is 3.87. The van der Waals surface area contributed by atoms with Crippen LogP contribution in [-0.4, -0.2) is 30.4 Å². The predicted molar refractivity (Wildman–Crippen MR) is 91.9 cm³/mol. The molecule has 1 amide bonds. The minimum atomic E-state index is 0.114. The van der Waals surface area contributed by atoms with Crippen molar-refractivity contribution in [1.82, 2.24) is 10.2 Å². The van der Waals surface area contributed by atoms with Crippen molar-refractivity contribution in [2.24, 2.45) is 11.3 Å². The summed E-state index contributed by atoms with van der Waals surface area (Å²) in [4.78, 5) is 14.7. The molecule has 1 aromatic carbocycles. The van der Waals surface area contributed by atoms with Gasteiger partial charge in [0, 0.05) is 24.7 Å². The molecule has 1 saturated heterocycles. The lowest BCUT2D eigenvalue weighted by molar-refractivity contribution is -0.127. The third-order valence-corrected chi connectivity index (χ3v) is 4.24. The summed E-state index contributed by atoms with van der Waals surface area (Å²) >= 11 is 5.92. The zero-order valence-corrected chi connectivity index (χ0v) is 14.6. The van der Waals surface area contributed by atoms with E-state index >= 15 is 0 Å². The molecule has 2 rings (SSSR count). The lowest BCUT2D eigenvalue weighted by Crippen LogP contribution is -2.44. The van der Waals surface area contributed by atoms with Gasteiger partial charge in [0.1, 0.15) is 0 Å². The summed E-state index contributed by atoms with van der Waals surface area (Å²) in [7, 11) is 0. The van der Waals surface area contributed by atoms with E-state index in [1.54, 1.807) is 0 Å². The maximum Gasteiger partial charge on any atom is 0.224 e. The van der Waals surface area contributed by atoms with Crippen LogP contribution in [0.2, 0.25) is 5.02 Å². The van der Waals surface area contributed by atoms with Gasteiger partial charge in [-0.05, 0) is 42.5 Å².